The summed E-state index contributed by atoms with van der Waals surface area (Å²) in [6.45, 7) is 0. The predicted octanol–water partition coefficient (Wildman–Crippen LogP) is 3.93. The lowest BCUT2D eigenvalue weighted by molar-refractivity contribution is 0.587. The Morgan fingerprint density at radius 2 is 1.81 bits per heavy atom. The minimum atomic E-state index is -3.77. The van der Waals surface area contributed by atoms with Gasteiger partial charge in [0.05, 0.1) is 4.90 Å². The molecule has 0 N–H and O–H groups in total. The lowest BCUT2D eigenvalue weighted by atomic mass is 10.2. The number of rotatable bonds is 3. The van der Waals surface area contributed by atoms with E-state index in [0.717, 1.165) is 5.56 Å². The largest absolute Gasteiger partial charge is 0.437 e. The molecule has 4 nitrogen and oxygen atoms in total. The van der Waals surface area contributed by atoms with Crippen molar-refractivity contribution in [3.8, 4) is 0 Å². The molecule has 0 radical (unpaired) electrons. The highest BCUT2D eigenvalue weighted by atomic mass is 35.7. The van der Waals surface area contributed by atoms with E-state index in [1.165, 1.54) is 12.1 Å². The average Bonchev–Trinajstić information content (AvgIpc) is 2.87. The first-order valence-corrected chi connectivity index (χ1v) is 8.42. The zero-order chi connectivity index (χ0) is 14.9. The highest BCUT2D eigenvalue weighted by Gasteiger charge is 2.12. The van der Waals surface area contributed by atoms with Crippen molar-refractivity contribution in [3.05, 3.63) is 60.0 Å². The second-order valence-electron chi connectivity index (χ2n) is 4.36. The Morgan fingerprint density at radius 3 is 2.52 bits per heavy atom. The van der Waals surface area contributed by atoms with Gasteiger partial charge in [-0.1, -0.05) is 30.3 Å². The molecule has 0 unspecified atom stereocenters. The molecule has 0 spiro atoms. The lowest BCUT2D eigenvalue weighted by Gasteiger charge is -1.93. The Bertz CT molecular complexity index is 915. The normalized spacial score (nSPS) is 12.2. The first-order valence-electron chi connectivity index (χ1n) is 6.11. The number of oxazole rings is 1. The van der Waals surface area contributed by atoms with Gasteiger partial charge in [-0.05, 0) is 23.8 Å². The number of hydrogen-bond donors (Lipinski definition) is 0. The van der Waals surface area contributed by atoms with Crippen LogP contribution in [0.25, 0.3) is 23.3 Å². The van der Waals surface area contributed by atoms with E-state index in [0.29, 0.717) is 17.0 Å². The standard InChI is InChI=1S/C15H10ClNO3S/c16-21(18,19)12-7-8-13-14(10-12)20-15(17-13)9-6-11-4-2-1-3-5-11/h1-10H/b9-6+. The Kier molecular flexibility index (Phi) is 3.53. The summed E-state index contributed by atoms with van der Waals surface area (Å²) in [6, 6.07) is 14.0. The van der Waals surface area contributed by atoms with E-state index in [-0.39, 0.29) is 4.90 Å². The molecule has 2 aromatic carbocycles. The van der Waals surface area contributed by atoms with E-state index in [9.17, 15) is 8.42 Å². The summed E-state index contributed by atoms with van der Waals surface area (Å²) in [7, 11) is 1.53. The van der Waals surface area contributed by atoms with Gasteiger partial charge in [-0.25, -0.2) is 13.4 Å². The van der Waals surface area contributed by atoms with Crippen molar-refractivity contribution in [2.45, 2.75) is 4.90 Å². The summed E-state index contributed by atoms with van der Waals surface area (Å²) in [4.78, 5) is 4.25. The fraction of sp³-hybridized carbons (Fsp3) is 0. The highest BCUT2D eigenvalue weighted by molar-refractivity contribution is 8.13. The molecule has 0 aliphatic heterocycles. The van der Waals surface area contributed by atoms with Gasteiger partial charge in [0.1, 0.15) is 5.52 Å². The number of benzene rings is 2. The summed E-state index contributed by atoms with van der Waals surface area (Å²) in [5, 5.41) is 0. The van der Waals surface area contributed by atoms with E-state index in [2.05, 4.69) is 4.98 Å². The van der Waals surface area contributed by atoms with Crippen LogP contribution in [0.5, 0.6) is 0 Å². The zero-order valence-corrected chi connectivity index (χ0v) is 12.3. The van der Waals surface area contributed by atoms with Crippen molar-refractivity contribution in [1.82, 2.24) is 4.98 Å². The quantitative estimate of drug-likeness (QED) is 0.686. The molecule has 106 valence electrons. The third-order valence-corrected chi connectivity index (χ3v) is 4.23. The first kappa shape index (κ1) is 13.9. The maximum Gasteiger partial charge on any atom is 0.261 e. The van der Waals surface area contributed by atoms with Crippen molar-refractivity contribution < 1.29 is 12.8 Å². The molecule has 0 atom stereocenters. The van der Waals surface area contributed by atoms with Crippen LogP contribution in [-0.2, 0) is 9.05 Å². The Balaban J connectivity index is 1.96. The molecular weight excluding hydrogens is 310 g/mol. The van der Waals surface area contributed by atoms with Crippen molar-refractivity contribution in [3.63, 3.8) is 0 Å². The second-order valence-corrected chi connectivity index (χ2v) is 6.93. The monoisotopic (exact) mass is 319 g/mol. The summed E-state index contributed by atoms with van der Waals surface area (Å²) in [6.07, 6.45) is 3.59. The molecule has 1 aromatic heterocycles. The first-order chi connectivity index (χ1) is 10.0. The molecule has 0 bridgehead atoms. The van der Waals surface area contributed by atoms with Crippen LogP contribution >= 0.6 is 10.7 Å². The summed E-state index contributed by atoms with van der Waals surface area (Å²) >= 11 is 0. The summed E-state index contributed by atoms with van der Waals surface area (Å²) in [5.74, 6) is 0.401. The molecule has 3 rings (SSSR count). The van der Waals surface area contributed by atoms with Crippen molar-refractivity contribution in [1.29, 1.82) is 0 Å². The maximum atomic E-state index is 11.3. The van der Waals surface area contributed by atoms with Gasteiger partial charge in [0, 0.05) is 22.8 Å². The summed E-state index contributed by atoms with van der Waals surface area (Å²) in [5.41, 5.74) is 1.97. The third-order valence-electron chi connectivity index (χ3n) is 2.88. The smallest absolute Gasteiger partial charge is 0.261 e. The molecule has 0 aliphatic carbocycles. The van der Waals surface area contributed by atoms with Gasteiger partial charge in [-0.3, -0.25) is 0 Å². The van der Waals surface area contributed by atoms with Crippen LogP contribution in [0, 0.1) is 0 Å². The number of nitrogens with zero attached hydrogens (tertiary/aromatic N) is 1. The van der Waals surface area contributed by atoms with Gasteiger partial charge in [0.25, 0.3) is 9.05 Å². The van der Waals surface area contributed by atoms with E-state index in [4.69, 9.17) is 15.1 Å². The minimum Gasteiger partial charge on any atom is -0.437 e. The van der Waals surface area contributed by atoms with Crippen LogP contribution in [0.1, 0.15) is 11.5 Å². The van der Waals surface area contributed by atoms with Crippen LogP contribution in [0.4, 0.5) is 0 Å². The predicted molar refractivity (Wildman–Crippen MR) is 82.4 cm³/mol. The SMILES string of the molecule is O=S(=O)(Cl)c1ccc2nc(/C=C/c3ccccc3)oc2c1. The Labute approximate surface area is 126 Å². The minimum absolute atomic E-state index is 0.00796. The fourth-order valence-electron chi connectivity index (χ4n) is 1.88. The molecule has 0 saturated heterocycles. The van der Waals surface area contributed by atoms with Crippen LogP contribution < -0.4 is 0 Å². The zero-order valence-electron chi connectivity index (χ0n) is 10.7. The fourth-order valence-corrected chi connectivity index (χ4v) is 2.64. The van der Waals surface area contributed by atoms with Gasteiger partial charge in [0.15, 0.2) is 5.58 Å². The third kappa shape index (κ3) is 3.15. The van der Waals surface area contributed by atoms with Gasteiger partial charge >= 0.3 is 0 Å². The molecule has 3 aromatic rings. The van der Waals surface area contributed by atoms with E-state index in [1.807, 2.05) is 36.4 Å². The van der Waals surface area contributed by atoms with Crippen molar-refractivity contribution in [2.24, 2.45) is 0 Å². The highest BCUT2D eigenvalue weighted by Crippen LogP contribution is 2.23. The van der Waals surface area contributed by atoms with E-state index < -0.39 is 9.05 Å². The van der Waals surface area contributed by atoms with Crippen LogP contribution in [0.15, 0.2) is 57.8 Å². The van der Waals surface area contributed by atoms with Crippen LogP contribution in [-0.4, -0.2) is 13.4 Å². The number of fused-ring (bicyclic) bond motifs is 1. The van der Waals surface area contributed by atoms with Crippen LogP contribution in [0.2, 0.25) is 0 Å². The van der Waals surface area contributed by atoms with Crippen LogP contribution in [0.3, 0.4) is 0 Å². The molecule has 0 aliphatic rings. The van der Waals surface area contributed by atoms with Gasteiger partial charge < -0.3 is 4.42 Å². The molecule has 0 saturated carbocycles. The molecule has 21 heavy (non-hydrogen) atoms. The van der Waals surface area contributed by atoms with E-state index in [1.54, 1.807) is 12.1 Å². The molecule has 1 heterocycles. The van der Waals surface area contributed by atoms with Gasteiger partial charge in [-0.2, -0.15) is 0 Å². The summed E-state index contributed by atoms with van der Waals surface area (Å²) < 4.78 is 28.1. The Morgan fingerprint density at radius 1 is 1.05 bits per heavy atom. The van der Waals surface area contributed by atoms with Crippen molar-refractivity contribution in [2.75, 3.05) is 0 Å². The maximum absolute atomic E-state index is 11.3. The number of hydrogen-bond acceptors (Lipinski definition) is 4. The van der Waals surface area contributed by atoms with E-state index >= 15 is 0 Å². The Hall–Kier alpha value is -2.11. The second kappa shape index (κ2) is 5.35. The lowest BCUT2D eigenvalue weighted by Crippen LogP contribution is -1.88. The van der Waals surface area contributed by atoms with Crippen molar-refractivity contribution >= 4 is 43.0 Å². The molecule has 0 fully saturated rings. The van der Waals surface area contributed by atoms with Gasteiger partial charge in [-0.15, -0.1) is 0 Å². The number of halogens is 1. The molecule has 6 heteroatoms. The molecular formula is C15H10ClNO3S. The molecule has 0 amide bonds. The average molecular weight is 320 g/mol. The number of aromatic nitrogens is 1. The van der Waals surface area contributed by atoms with Gasteiger partial charge in [0.2, 0.25) is 5.89 Å². The topological polar surface area (TPSA) is 60.2 Å².